The van der Waals surface area contributed by atoms with E-state index >= 15 is 0 Å². The zero-order chi connectivity index (χ0) is 15.1. The first kappa shape index (κ1) is 15.8. The molecule has 0 radical (unpaired) electrons. The number of ether oxygens (including phenoxy) is 2. The third-order valence-corrected chi connectivity index (χ3v) is 2.56. The summed E-state index contributed by atoms with van der Waals surface area (Å²) in [6.45, 7) is 3.04. The maximum atomic E-state index is 13.3. The summed E-state index contributed by atoms with van der Waals surface area (Å²) in [5.74, 6) is -10.2. The average molecular weight is 290 g/mol. The predicted octanol–water partition coefficient (Wildman–Crippen LogP) is 1.78. The quantitative estimate of drug-likeness (QED) is 0.489. The first-order valence-corrected chi connectivity index (χ1v) is 5.03. The lowest BCUT2D eigenvalue weighted by molar-refractivity contribution is -0.413. The Hall–Kier alpha value is -1.22. The van der Waals surface area contributed by atoms with Crippen LogP contribution >= 0.6 is 0 Å². The van der Waals surface area contributed by atoms with Crippen molar-refractivity contribution in [1.82, 2.24) is 0 Å². The van der Waals surface area contributed by atoms with E-state index in [9.17, 15) is 26.7 Å². The third-order valence-electron chi connectivity index (χ3n) is 2.56. The van der Waals surface area contributed by atoms with E-state index in [-0.39, 0.29) is 0 Å². The summed E-state index contributed by atoms with van der Waals surface area (Å²) in [6, 6.07) is 0. The number of carbonyl (C=O) groups excluding carboxylic acids is 1. The highest BCUT2D eigenvalue weighted by Gasteiger charge is 2.78. The molecule has 0 aromatic carbocycles. The van der Waals surface area contributed by atoms with E-state index in [0.717, 1.165) is 6.92 Å². The van der Waals surface area contributed by atoms with Crippen molar-refractivity contribution in [2.45, 2.75) is 36.8 Å². The van der Waals surface area contributed by atoms with Crippen LogP contribution in [-0.4, -0.2) is 41.2 Å². The minimum Gasteiger partial charge on any atom is -0.459 e. The summed E-state index contributed by atoms with van der Waals surface area (Å²) < 4.78 is 72.5. The van der Waals surface area contributed by atoms with Crippen molar-refractivity contribution in [2.75, 3.05) is 6.61 Å². The van der Waals surface area contributed by atoms with Gasteiger partial charge in [0.2, 0.25) is 0 Å². The molecule has 1 N–H and O–H groups in total. The predicted molar refractivity (Wildman–Crippen MR) is 51.2 cm³/mol. The molecule has 19 heavy (non-hydrogen) atoms. The Morgan fingerprint density at radius 3 is 2.42 bits per heavy atom. The molecule has 2 atom stereocenters. The molecule has 1 saturated heterocycles. The normalized spacial score (nSPS) is 34.1. The van der Waals surface area contributed by atoms with Crippen molar-refractivity contribution in [3.8, 4) is 0 Å². The molecule has 1 aliphatic heterocycles. The second-order valence-electron chi connectivity index (χ2n) is 4.39. The molecule has 0 bridgehead atoms. The maximum Gasteiger partial charge on any atom is 0.449 e. The van der Waals surface area contributed by atoms with E-state index in [0.29, 0.717) is 6.08 Å². The van der Waals surface area contributed by atoms with Gasteiger partial charge in [-0.25, -0.2) is 13.6 Å². The fourth-order valence-electron chi connectivity index (χ4n) is 1.69. The number of aliphatic hydroxyl groups is 1. The van der Waals surface area contributed by atoms with Gasteiger partial charge in [-0.2, -0.15) is 13.2 Å². The molecular weight excluding hydrogens is 279 g/mol. The molecule has 1 fully saturated rings. The Labute approximate surface area is 104 Å². The Bertz CT molecular complexity index is 394. The van der Waals surface area contributed by atoms with Crippen LogP contribution in [0.4, 0.5) is 22.0 Å². The molecule has 2 unspecified atom stereocenters. The molecule has 0 amide bonds. The largest absolute Gasteiger partial charge is 0.459 e. The van der Waals surface area contributed by atoms with Crippen LogP contribution in [0.25, 0.3) is 0 Å². The molecule has 110 valence electrons. The van der Waals surface area contributed by atoms with Gasteiger partial charge in [-0.3, -0.25) is 0 Å². The molecule has 0 aliphatic carbocycles. The lowest BCUT2D eigenvalue weighted by atomic mass is 9.99. The van der Waals surface area contributed by atoms with Crippen LogP contribution in [0.2, 0.25) is 0 Å². The van der Waals surface area contributed by atoms with E-state index in [4.69, 9.17) is 5.11 Å². The van der Waals surface area contributed by atoms with Crippen LogP contribution in [0.1, 0.15) is 13.3 Å². The van der Waals surface area contributed by atoms with Gasteiger partial charge in [-0.05, 0) is 6.92 Å². The Balaban J connectivity index is 2.94. The van der Waals surface area contributed by atoms with Gasteiger partial charge in [0.15, 0.2) is 0 Å². The molecule has 9 heteroatoms. The summed E-state index contributed by atoms with van der Waals surface area (Å²) >= 11 is 0. The number of esters is 1. The number of carbonyl (C=O) groups is 1. The number of alkyl halides is 5. The molecule has 1 heterocycles. The molecule has 0 aromatic heterocycles. The second-order valence-corrected chi connectivity index (χ2v) is 4.39. The summed E-state index contributed by atoms with van der Waals surface area (Å²) in [7, 11) is 0. The van der Waals surface area contributed by atoms with Gasteiger partial charge in [0, 0.05) is 12.5 Å². The van der Waals surface area contributed by atoms with E-state index in [1.807, 2.05) is 0 Å². The highest BCUT2D eigenvalue weighted by molar-refractivity contribution is 5.81. The Morgan fingerprint density at radius 1 is 1.53 bits per heavy atom. The molecule has 0 saturated carbocycles. The third kappa shape index (κ3) is 2.71. The minimum atomic E-state index is -5.68. The summed E-state index contributed by atoms with van der Waals surface area (Å²) in [5, 5.41) is 9.06. The van der Waals surface area contributed by atoms with Crippen LogP contribution in [0, 0.1) is 0 Å². The summed E-state index contributed by atoms with van der Waals surface area (Å²) in [6.07, 6.45) is -6.41. The van der Waals surface area contributed by atoms with Gasteiger partial charge in [0.05, 0.1) is 0 Å². The SMILES string of the molecule is C=CC(=O)OCC1(C)CC(F)(F)C(O)(C(F)(F)F)O1. The smallest absolute Gasteiger partial charge is 0.449 e. The molecule has 0 aromatic rings. The van der Waals surface area contributed by atoms with Crippen molar-refractivity contribution >= 4 is 5.97 Å². The first-order valence-electron chi connectivity index (χ1n) is 5.03. The van der Waals surface area contributed by atoms with Crippen LogP contribution in [0.3, 0.4) is 0 Å². The zero-order valence-corrected chi connectivity index (χ0v) is 9.76. The number of halogens is 5. The van der Waals surface area contributed by atoms with Crippen molar-refractivity contribution in [3.63, 3.8) is 0 Å². The van der Waals surface area contributed by atoms with E-state index in [2.05, 4.69) is 16.1 Å². The van der Waals surface area contributed by atoms with E-state index in [1.165, 1.54) is 0 Å². The van der Waals surface area contributed by atoms with Crippen LogP contribution in [0.15, 0.2) is 12.7 Å². The average Bonchev–Trinajstić information content (AvgIpc) is 2.42. The monoisotopic (exact) mass is 290 g/mol. The van der Waals surface area contributed by atoms with Gasteiger partial charge >= 0.3 is 23.9 Å². The molecule has 0 spiro atoms. The van der Waals surface area contributed by atoms with E-state index in [1.54, 1.807) is 0 Å². The highest BCUT2D eigenvalue weighted by Crippen LogP contribution is 2.54. The van der Waals surface area contributed by atoms with Crippen LogP contribution < -0.4 is 0 Å². The zero-order valence-electron chi connectivity index (χ0n) is 9.76. The van der Waals surface area contributed by atoms with Crippen LogP contribution in [-0.2, 0) is 14.3 Å². The number of hydrogen-bond acceptors (Lipinski definition) is 4. The lowest BCUT2D eigenvalue weighted by Crippen LogP contribution is -2.56. The van der Waals surface area contributed by atoms with Crippen molar-refractivity contribution in [1.29, 1.82) is 0 Å². The van der Waals surface area contributed by atoms with E-state index < -0.39 is 42.5 Å². The Morgan fingerprint density at radius 2 is 2.05 bits per heavy atom. The molecule has 1 aliphatic rings. The van der Waals surface area contributed by atoms with Crippen molar-refractivity contribution in [2.24, 2.45) is 0 Å². The standard InChI is InChI=1S/C10H11F5O4/c1-3-6(16)18-5-7(2)4-8(11,12)9(17,19-7)10(13,14)15/h3,17H,1,4-5H2,2H3. The number of rotatable bonds is 3. The van der Waals surface area contributed by atoms with Crippen LogP contribution in [0.5, 0.6) is 0 Å². The highest BCUT2D eigenvalue weighted by atomic mass is 19.4. The van der Waals surface area contributed by atoms with Crippen molar-refractivity contribution in [3.05, 3.63) is 12.7 Å². The van der Waals surface area contributed by atoms with Gasteiger partial charge in [-0.1, -0.05) is 6.58 Å². The topological polar surface area (TPSA) is 55.8 Å². The van der Waals surface area contributed by atoms with Gasteiger partial charge < -0.3 is 14.6 Å². The molecule has 4 nitrogen and oxygen atoms in total. The van der Waals surface area contributed by atoms with Crippen molar-refractivity contribution < 1.29 is 41.3 Å². The minimum absolute atomic E-state index is 0.715. The molecular formula is C10H11F5O4. The first-order chi connectivity index (χ1) is 8.37. The van der Waals surface area contributed by atoms with Gasteiger partial charge in [0.25, 0.3) is 0 Å². The molecule has 1 rings (SSSR count). The summed E-state index contributed by atoms with van der Waals surface area (Å²) in [5.41, 5.74) is -2.16. The fourth-order valence-corrected chi connectivity index (χ4v) is 1.69. The lowest BCUT2D eigenvalue weighted by Gasteiger charge is -2.31. The summed E-state index contributed by atoms with van der Waals surface area (Å²) in [4.78, 5) is 10.8. The number of hydrogen-bond donors (Lipinski definition) is 1. The van der Waals surface area contributed by atoms with Gasteiger partial charge in [0.1, 0.15) is 12.2 Å². The maximum absolute atomic E-state index is 13.3. The van der Waals surface area contributed by atoms with Gasteiger partial charge in [-0.15, -0.1) is 0 Å². The fraction of sp³-hybridized carbons (Fsp3) is 0.700. The Kier molecular flexibility index (Phi) is 3.68. The second kappa shape index (κ2) is 4.41.